The van der Waals surface area contributed by atoms with Crippen LogP contribution in [0.15, 0.2) is 54.6 Å². The number of aryl methyl sites for hydroxylation is 2. The van der Waals surface area contributed by atoms with E-state index >= 15 is 0 Å². The average Bonchev–Trinajstić information content (AvgIpc) is 2.82. The normalized spacial score (nSPS) is 11.6. The first kappa shape index (κ1) is 22.8. The average molecular weight is 435 g/mol. The second-order valence-corrected chi connectivity index (χ2v) is 7.32. The number of benzene rings is 2. The lowest BCUT2D eigenvalue weighted by molar-refractivity contribution is 0.0578. The molecule has 0 bridgehead atoms. The van der Waals surface area contributed by atoms with Crippen LogP contribution in [-0.2, 0) is 17.6 Å². The van der Waals surface area contributed by atoms with E-state index in [0.717, 1.165) is 18.2 Å². The molecule has 0 aliphatic carbocycles. The van der Waals surface area contributed by atoms with Crippen LogP contribution in [0.3, 0.4) is 0 Å². The minimum absolute atomic E-state index is 0.217. The second kappa shape index (κ2) is 9.96. The van der Waals surface area contributed by atoms with Gasteiger partial charge < -0.3 is 19.7 Å². The number of nitrogens with zero attached hydrogens (tertiary/aromatic N) is 1. The molecule has 7 heteroatoms. The molecule has 2 N–H and O–H groups in total. The number of hydrogen-bond acceptors (Lipinski definition) is 6. The molecule has 2 aromatic carbocycles. The third-order valence-electron chi connectivity index (χ3n) is 5.39. The molecule has 0 spiro atoms. The molecule has 1 aromatic heterocycles. The Morgan fingerprint density at radius 3 is 2.19 bits per heavy atom. The van der Waals surface area contributed by atoms with E-state index in [1.54, 1.807) is 19.2 Å². The highest BCUT2D eigenvalue weighted by molar-refractivity contribution is 6.05. The number of carboxylic acids is 1. The molecule has 0 radical (unpaired) electrons. The molecule has 0 saturated heterocycles. The number of aromatic carboxylic acids is 1. The largest absolute Gasteiger partial charge is 0.505 e. The fraction of sp³-hybridized carbons (Fsp3) is 0.240. The lowest BCUT2D eigenvalue weighted by Gasteiger charge is -2.20. The monoisotopic (exact) mass is 435 g/mol. The number of pyridine rings is 1. The number of hydrogen-bond donors (Lipinski definition) is 2. The molecule has 0 aliphatic heterocycles. The predicted octanol–water partition coefficient (Wildman–Crippen LogP) is 4.22. The molecular weight excluding hydrogens is 410 g/mol. The number of methoxy groups -OCH3 is 2. The molecule has 166 valence electrons. The van der Waals surface area contributed by atoms with E-state index in [1.807, 2.05) is 49.4 Å². The number of carbonyl (C=O) groups is 2. The van der Waals surface area contributed by atoms with Crippen LogP contribution in [0.1, 0.15) is 56.1 Å². The van der Waals surface area contributed by atoms with Gasteiger partial charge in [0, 0.05) is 5.92 Å². The molecule has 1 heterocycles. The third-order valence-corrected chi connectivity index (χ3v) is 5.39. The van der Waals surface area contributed by atoms with Crippen molar-refractivity contribution in [1.82, 2.24) is 4.98 Å². The number of ether oxygens (including phenoxy) is 2. The lowest BCUT2D eigenvalue weighted by Crippen LogP contribution is -2.19. The number of aromatic nitrogens is 1. The Morgan fingerprint density at radius 1 is 0.969 bits per heavy atom. The van der Waals surface area contributed by atoms with Crippen LogP contribution >= 0.6 is 0 Å². The van der Waals surface area contributed by atoms with E-state index in [4.69, 9.17) is 9.47 Å². The molecule has 0 saturated carbocycles. The van der Waals surface area contributed by atoms with Gasteiger partial charge >= 0.3 is 11.9 Å². The summed E-state index contributed by atoms with van der Waals surface area (Å²) in [6.07, 6.45) is 0.855. The second-order valence-electron chi connectivity index (χ2n) is 7.32. The number of esters is 1. The molecule has 1 unspecified atom stereocenters. The van der Waals surface area contributed by atoms with Gasteiger partial charge in [-0.25, -0.2) is 9.59 Å². The highest BCUT2D eigenvalue weighted by Crippen LogP contribution is 2.35. The molecule has 7 nitrogen and oxygen atoms in total. The summed E-state index contributed by atoms with van der Waals surface area (Å²) < 4.78 is 10.0. The summed E-state index contributed by atoms with van der Waals surface area (Å²) in [5.41, 5.74) is 1.54. The third kappa shape index (κ3) is 4.72. The maximum absolute atomic E-state index is 12.6. The molecule has 1 atom stereocenters. The summed E-state index contributed by atoms with van der Waals surface area (Å²) in [5.74, 6) is -2.57. The maximum atomic E-state index is 12.6. The molecular formula is C25H25NO6. The van der Waals surface area contributed by atoms with Gasteiger partial charge in [0.25, 0.3) is 0 Å². The fourth-order valence-electron chi connectivity index (χ4n) is 3.61. The van der Waals surface area contributed by atoms with Crippen LogP contribution in [0.2, 0.25) is 0 Å². The van der Waals surface area contributed by atoms with Crippen LogP contribution < -0.4 is 4.74 Å². The molecule has 3 rings (SSSR count). The first-order valence-electron chi connectivity index (χ1n) is 10.1. The Bertz CT molecular complexity index is 1110. The Balaban J connectivity index is 2.14. The van der Waals surface area contributed by atoms with Crippen LogP contribution in [0.5, 0.6) is 11.5 Å². The van der Waals surface area contributed by atoms with Gasteiger partial charge in [-0.3, -0.25) is 4.98 Å². The Labute approximate surface area is 186 Å². The summed E-state index contributed by atoms with van der Waals surface area (Å²) in [7, 11) is 2.73. The van der Waals surface area contributed by atoms with Crippen LogP contribution in [-0.4, -0.2) is 41.4 Å². The number of carbonyl (C=O) groups excluding carboxylic acids is 1. The van der Waals surface area contributed by atoms with Gasteiger partial charge in [-0.2, -0.15) is 0 Å². The van der Waals surface area contributed by atoms with Crippen molar-refractivity contribution in [2.45, 2.75) is 25.7 Å². The van der Waals surface area contributed by atoms with E-state index in [0.29, 0.717) is 18.6 Å². The minimum atomic E-state index is -1.42. The van der Waals surface area contributed by atoms with Gasteiger partial charge in [-0.1, -0.05) is 49.4 Å². The lowest BCUT2D eigenvalue weighted by atomic mass is 9.90. The highest BCUT2D eigenvalue weighted by atomic mass is 16.5. The number of carboxylic acid groups (broad SMARTS) is 1. The van der Waals surface area contributed by atoms with Crippen LogP contribution in [0.25, 0.3) is 0 Å². The quantitative estimate of drug-likeness (QED) is 0.510. The Hall–Kier alpha value is -3.87. The van der Waals surface area contributed by atoms with Crippen molar-refractivity contribution in [2.24, 2.45) is 0 Å². The van der Waals surface area contributed by atoms with Crippen molar-refractivity contribution >= 4 is 11.9 Å². The summed E-state index contributed by atoms with van der Waals surface area (Å²) >= 11 is 0. The highest BCUT2D eigenvalue weighted by Gasteiger charge is 2.31. The molecule has 0 amide bonds. The molecule has 3 aromatic rings. The standard InChI is InChI=1S/C25H25NO6/c1-15(17-10-12-18(31-2)13-11-17)22-20(25(30)32-3)21(24(28)29)23(27)19(26-22)14-9-16-7-5-4-6-8-16/h4-8,10-13,15,27H,9,14H2,1-3H3,(H,28,29). The number of rotatable bonds is 8. The van der Waals surface area contributed by atoms with Gasteiger partial charge in [-0.05, 0) is 36.1 Å². The van der Waals surface area contributed by atoms with Gasteiger partial charge in [-0.15, -0.1) is 0 Å². The van der Waals surface area contributed by atoms with E-state index < -0.39 is 29.2 Å². The SMILES string of the molecule is COC(=O)c1c(C(C)c2ccc(OC)cc2)nc(CCc2ccccc2)c(O)c1C(=O)O. The maximum Gasteiger partial charge on any atom is 0.340 e. The smallest absolute Gasteiger partial charge is 0.340 e. The van der Waals surface area contributed by atoms with Crippen LogP contribution in [0, 0.1) is 0 Å². The zero-order chi connectivity index (χ0) is 23.3. The van der Waals surface area contributed by atoms with E-state index in [2.05, 4.69) is 4.98 Å². The summed E-state index contributed by atoms with van der Waals surface area (Å²) in [6.45, 7) is 1.82. The fourth-order valence-corrected chi connectivity index (χ4v) is 3.61. The summed E-state index contributed by atoms with van der Waals surface area (Å²) in [4.78, 5) is 29.2. The Kier molecular flexibility index (Phi) is 7.10. The summed E-state index contributed by atoms with van der Waals surface area (Å²) in [5, 5.41) is 20.6. The first-order chi connectivity index (χ1) is 15.4. The van der Waals surface area contributed by atoms with Crippen molar-refractivity contribution in [3.8, 4) is 11.5 Å². The van der Waals surface area contributed by atoms with Crippen molar-refractivity contribution in [1.29, 1.82) is 0 Å². The van der Waals surface area contributed by atoms with E-state index in [9.17, 15) is 19.8 Å². The van der Waals surface area contributed by atoms with Gasteiger partial charge in [0.05, 0.1) is 25.6 Å². The molecule has 0 aliphatic rings. The molecule has 32 heavy (non-hydrogen) atoms. The Morgan fingerprint density at radius 2 is 1.62 bits per heavy atom. The van der Waals surface area contributed by atoms with Crippen molar-refractivity contribution in [3.63, 3.8) is 0 Å². The first-order valence-corrected chi connectivity index (χ1v) is 10.1. The van der Waals surface area contributed by atoms with Gasteiger partial charge in [0.15, 0.2) is 5.75 Å². The zero-order valence-corrected chi connectivity index (χ0v) is 18.2. The molecule has 0 fully saturated rings. The zero-order valence-electron chi connectivity index (χ0n) is 18.2. The van der Waals surface area contributed by atoms with Crippen molar-refractivity contribution in [3.05, 3.63) is 88.2 Å². The van der Waals surface area contributed by atoms with E-state index in [-0.39, 0.29) is 17.0 Å². The predicted molar refractivity (Wildman–Crippen MR) is 119 cm³/mol. The minimum Gasteiger partial charge on any atom is -0.505 e. The number of aromatic hydroxyl groups is 1. The van der Waals surface area contributed by atoms with E-state index in [1.165, 1.54) is 0 Å². The van der Waals surface area contributed by atoms with Gasteiger partial charge in [0.2, 0.25) is 0 Å². The van der Waals surface area contributed by atoms with Crippen molar-refractivity contribution in [2.75, 3.05) is 14.2 Å². The topological polar surface area (TPSA) is 106 Å². The van der Waals surface area contributed by atoms with Crippen molar-refractivity contribution < 1.29 is 29.3 Å². The van der Waals surface area contributed by atoms with Crippen LogP contribution in [0.4, 0.5) is 0 Å². The van der Waals surface area contributed by atoms with Gasteiger partial charge in [0.1, 0.15) is 16.9 Å². The summed E-state index contributed by atoms with van der Waals surface area (Å²) in [6, 6.07) is 16.8.